The number of hydrogen-bond donors (Lipinski definition) is 1. The SMILES string of the molecule is COc1cc(CCCN)c(Cl)cc1N1CCCC1. The summed E-state index contributed by atoms with van der Waals surface area (Å²) in [6, 6.07) is 4.10. The zero-order valence-corrected chi connectivity index (χ0v) is 11.7. The van der Waals surface area contributed by atoms with Crippen LogP contribution in [0.15, 0.2) is 12.1 Å². The van der Waals surface area contributed by atoms with Crippen molar-refractivity contribution in [3.63, 3.8) is 0 Å². The molecule has 0 amide bonds. The highest BCUT2D eigenvalue weighted by atomic mass is 35.5. The van der Waals surface area contributed by atoms with Gasteiger partial charge < -0.3 is 15.4 Å². The number of nitrogens with zero attached hydrogens (tertiary/aromatic N) is 1. The van der Waals surface area contributed by atoms with Gasteiger partial charge in [-0.3, -0.25) is 0 Å². The monoisotopic (exact) mass is 268 g/mol. The van der Waals surface area contributed by atoms with Gasteiger partial charge in [0.2, 0.25) is 0 Å². The van der Waals surface area contributed by atoms with Crippen LogP contribution in [-0.2, 0) is 6.42 Å². The van der Waals surface area contributed by atoms with Gasteiger partial charge in [-0.25, -0.2) is 0 Å². The van der Waals surface area contributed by atoms with E-state index >= 15 is 0 Å². The fourth-order valence-corrected chi connectivity index (χ4v) is 2.69. The van der Waals surface area contributed by atoms with Crippen molar-refractivity contribution in [2.24, 2.45) is 5.73 Å². The quantitative estimate of drug-likeness (QED) is 0.892. The molecule has 0 aromatic heterocycles. The van der Waals surface area contributed by atoms with Gasteiger partial charge in [-0.05, 0) is 49.9 Å². The lowest BCUT2D eigenvalue weighted by atomic mass is 10.1. The van der Waals surface area contributed by atoms with Crippen LogP contribution in [0.3, 0.4) is 0 Å². The third-order valence-electron chi connectivity index (χ3n) is 3.44. The van der Waals surface area contributed by atoms with Crippen LogP contribution < -0.4 is 15.4 Å². The third-order valence-corrected chi connectivity index (χ3v) is 3.80. The summed E-state index contributed by atoms with van der Waals surface area (Å²) < 4.78 is 5.50. The molecule has 0 atom stereocenters. The summed E-state index contributed by atoms with van der Waals surface area (Å²) in [6.07, 6.45) is 4.35. The first-order chi connectivity index (χ1) is 8.76. The summed E-state index contributed by atoms with van der Waals surface area (Å²) in [4.78, 5) is 2.34. The smallest absolute Gasteiger partial charge is 0.142 e. The van der Waals surface area contributed by atoms with Crippen LogP contribution in [0, 0.1) is 0 Å². The largest absolute Gasteiger partial charge is 0.495 e. The number of nitrogens with two attached hydrogens (primary N) is 1. The van der Waals surface area contributed by atoms with Crippen molar-refractivity contribution in [3.05, 3.63) is 22.7 Å². The van der Waals surface area contributed by atoms with Crippen LogP contribution in [-0.4, -0.2) is 26.7 Å². The number of ether oxygens (including phenoxy) is 1. The Bertz CT molecular complexity index is 403. The second kappa shape index (κ2) is 6.30. The van der Waals surface area contributed by atoms with Crippen LogP contribution in [0.5, 0.6) is 5.75 Å². The predicted octanol–water partition coefficient (Wildman–Crippen LogP) is 2.84. The minimum Gasteiger partial charge on any atom is -0.495 e. The molecule has 0 aliphatic carbocycles. The molecule has 1 fully saturated rings. The van der Waals surface area contributed by atoms with E-state index in [0.29, 0.717) is 6.54 Å². The number of benzene rings is 1. The lowest BCUT2D eigenvalue weighted by Crippen LogP contribution is -2.18. The van der Waals surface area contributed by atoms with Crippen molar-refractivity contribution in [3.8, 4) is 5.75 Å². The fraction of sp³-hybridized carbons (Fsp3) is 0.571. The van der Waals surface area contributed by atoms with Crippen molar-refractivity contribution >= 4 is 17.3 Å². The molecule has 0 unspecified atom stereocenters. The lowest BCUT2D eigenvalue weighted by Gasteiger charge is -2.22. The Kier molecular flexibility index (Phi) is 4.72. The molecule has 1 aliphatic rings. The summed E-state index contributed by atoms with van der Waals surface area (Å²) in [5, 5.41) is 0.825. The van der Waals surface area contributed by atoms with Gasteiger partial charge in [0.15, 0.2) is 0 Å². The standard InChI is InChI=1S/C14H21ClN2O/c1-18-14-9-11(5-4-6-16)12(15)10-13(14)17-7-2-3-8-17/h9-10H,2-8,16H2,1H3. The van der Waals surface area contributed by atoms with Crippen LogP contribution in [0.4, 0.5) is 5.69 Å². The van der Waals surface area contributed by atoms with Gasteiger partial charge in [-0.15, -0.1) is 0 Å². The molecule has 1 heterocycles. The van der Waals surface area contributed by atoms with Gasteiger partial charge in [-0.1, -0.05) is 11.6 Å². The van der Waals surface area contributed by atoms with Crippen LogP contribution in [0.25, 0.3) is 0 Å². The highest BCUT2D eigenvalue weighted by molar-refractivity contribution is 6.31. The molecule has 0 radical (unpaired) electrons. The molecule has 0 saturated carbocycles. The van der Waals surface area contributed by atoms with Gasteiger partial charge in [0.25, 0.3) is 0 Å². The number of halogens is 1. The van der Waals surface area contributed by atoms with Crippen LogP contribution >= 0.6 is 11.6 Å². The van der Waals surface area contributed by atoms with E-state index in [1.54, 1.807) is 7.11 Å². The predicted molar refractivity (Wildman–Crippen MR) is 76.8 cm³/mol. The summed E-state index contributed by atoms with van der Waals surface area (Å²) >= 11 is 6.35. The number of anilines is 1. The highest BCUT2D eigenvalue weighted by Crippen LogP contribution is 2.36. The van der Waals surface area contributed by atoms with Gasteiger partial charge in [0.1, 0.15) is 5.75 Å². The molecular weight excluding hydrogens is 248 g/mol. The van der Waals surface area contributed by atoms with E-state index < -0.39 is 0 Å². The molecule has 18 heavy (non-hydrogen) atoms. The van der Waals surface area contributed by atoms with Crippen molar-refractivity contribution < 1.29 is 4.74 Å². The Morgan fingerprint density at radius 1 is 1.33 bits per heavy atom. The molecule has 4 heteroatoms. The first-order valence-electron chi connectivity index (χ1n) is 6.57. The van der Waals surface area contributed by atoms with Crippen LogP contribution in [0.2, 0.25) is 5.02 Å². The average molecular weight is 269 g/mol. The second-order valence-electron chi connectivity index (χ2n) is 4.70. The molecule has 2 rings (SSSR count). The van der Waals surface area contributed by atoms with E-state index in [4.69, 9.17) is 22.1 Å². The van der Waals surface area contributed by atoms with Gasteiger partial charge in [0.05, 0.1) is 12.8 Å². The Labute approximate surface area is 114 Å². The van der Waals surface area contributed by atoms with Gasteiger partial charge in [0, 0.05) is 18.1 Å². The molecule has 0 spiro atoms. The first kappa shape index (κ1) is 13.5. The zero-order valence-electron chi connectivity index (χ0n) is 10.9. The summed E-state index contributed by atoms with van der Waals surface area (Å²) in [5.41, 5.74) is 7.79. The van der Waals surface area contributed by atoms with Gasteiger partial charge in [-0.2, -0.15) is 0 Å². The van der Waals surface area contributed by atoms with Crippen LogP contribution in [0.1, 0.15) is 24.8 Å². The normalized spacial score (nSPS) is 15.2. The molecule has 1 aromatic rings. The number of aryl methyl sites for hydroxylation is 1. The summed E-state index contributed by atoms with van der Waals surface area (Å²) in [7, 11) is 1.72. The minimum absolute atomic E-state index is 0.687. The highest BCUT2D eigenvalue weighted by Gasteiger charge is 2.18. The van der Waals surface area contributed by atoms with E-state index in [9.17, 15) is 0 Å². The Hall–Kier alpha value is -0.930. The lowest BCUT2D eigenvalue weighted by molar-refractivity contribution is 0.414. The van der Waals surface area contributed by atoms with Crippen molar-refractivity contribution in [1.29, 1.82) is 0 Å². The summed E-state index contributed by atoms with van der Waals surface area (Å²) in [5.74, 6) is 0.924. The second-order valence-corrected chi connectivity index (χ2v) is 5.11. The first-order valence-corrected chi connectivity index (χ1v) is 6.95. The Morgan fingerprint density at radius 3 is 2.67 bits per heavy atom. The number of rotatable bonds is 5. The van der Waals surface area contributed by atoms with E-state index in [-0.39, 0.29) is 0 Å². The molecular formula is C14H21ClN2O. The van der Waals surface area contributed by atoms with Crippen molar-refractivity contribution in [2.75, 3.05) is 31.6 Å². The zero-order chi connectivity index (χ0) is 13.0. The maximum absolute atomic E-state index is 6.35. The molecule has 3 nitrogen and oxygen atoms in total. The molecule has 100 valence electrons. The molecule has 0 bridgehead atoms. The molecule has 2 N–H and O–H groups in total. The summed E-state index contributed by atoms with van der Waals surface area (Å²) in [6.45, 7) is 2.87. The molecule has 1 saturated heterocycles. The Morgan fingerprint density at radius 2 is 2.06 bits per heavy atom. The van der Waals surface area contributed by atoms with Crippen molar-refractivity contribution in [1.82, 2.24) is 0 Å². The Balaban J connectivity index is 2.27. The minimum atomic E-state index is 0.687. The number of methoxy groups -OCH3 is 1. The third kappa shape index (κ3) is 2.90. The topological polar surface area (TPSA) is 38.5 Å². The number of hydrogen-bond acceptors (Lipinski definition) is 3. The maximum Gasteiger partial charge on any atom is 0.142 e. The van der Waals surface area contributed by atoms with E-state index in [1.165, 1.54) is 12.8 Å². The van der Waals surface area contributed by atoms with E-state index in [0.717, 1.165) is 48.0 Å². The van der Waals surface area contributed by atoms with E-state index in [1.807, 2.05) is 6.07 Å². The molecule has 1 aromatic carbocycles. The van der Waals surface area contributed by atoms with Gasteiger partial charge >= 0.3 is 0 Å². The molecule has 1 aliphatic heterocycles. The average Bonchev–Trinajstić information content (AvgIpc) is 2.90. The maximum atomic E-state index is 6.35. The fourth-order valence-electron chi connectivity index (χ4n) is 2.44. The van der Waals surface area contributed by atoms with Crippen molar-refractivity contribution in [2.45, 2.75) is 25.7 Å². The van der Waals surface area contributed by atoms with E-state index in [2.05, 4.69) is 11.0 Å².